The number of hydrogen-bond donors (Lipinski definition) is 0. The molecule has 0 unspecified atom stereocenters. The monoisotopic (exact) mass is 225 g/mol. The molecule has 2 nitrogen and oxygen atoms in total. The summed E-state index contributed by atoms with van der Waals surface area (Å²) in [6.07, 6.45) is 3.44. The molecule has 17 heavy (non-hydrogen) atoms. The Kier molecular flexibility index (Phi) is 3.24. The van der Waals surface area contributed by atoms with Crippen LogP contribution >= 0.6 is 0 Å². The molecule has 0 bridgehead atoms. The second-order valence-corrected chi connectivity index (χ2v) is 4.03. The molecule has 0 aliphatic carbocycles. The number of aromatic nitrogens is 1. The van der Waals surface area contributed by atoms with E-state index in [0.29, 0.717) is 0 Å². The van der Waals surface area contributed by atoms with Crippen LogP contribution in [0.3, 0.4) is 0 Å². The molecule has 1 aromatic heterocycles. The molecule has 2 heteroatoms. The topological polar surface area (TPSA) is 22.0 Å². The molecule has 0 N–H and O–H groups in total. The molecule has 0 spiro atoms. The number of carbonyl (C=O) groups is 1. The van der Waals surface area contributed by atoms with Crippen LogP contribution in [0.15, 0.2) is 48.5 Å². The van der Waals surface area contributed by atoms with Crippen molar-refractivity contribution in [1.29, 1.82) is 0 Å². The lowest BCUT2D eigenvalue weighted by atomic mass is 10.2. The van der Waals surface area contributed by atoms with E-state index in [4.69, 9.17) is 0 Å². The van der Waals surface area contributed by atoms with Crippen molar-refractivity contribution in [3.8, 4) is 0 Å². The van der Waals surface area contributed by atoms with Gasteiger partial charge in [-0.2, -0.15) is 0 Å². The van der Waals surface area contributed by atoms with Crippen molar-refractivity contribution in [2.24, 2.45) is 0 Å². The molecule has 0 atom stereocenters. The van der Waals surface area contributed by atoms with E-state index >= 15 is 0 Å². The summed E-state index contributed by atoms with van der Waals surface area (Å²) in [4.78, 5) is 12.0. The van der Waals surface area contributed by atoms with Gasteiger partial charge in [0.25, 0.3) is 5.91 Å². The minimum Gasteiger partial charge on any atom is -0.286 e. The third-order valence-electron chi connectivity index (χ3n) is 2.71. The highest BCUT2D eigenvalue weighted by molar-refractivity contribution is 5.94. The molecule has 0 aliphatic rings. The predicted molar refractivity (Wildman–Crippen MR) is 70.0 cm³/mol. The van der Waals surface area contributed by atoms with Gasteiger partial charge in [0.2, 0.25) is 0 Å². The van der Waals surface area contributed by atoms with Gasteiger partial charge in [-0.3, -0.25) is 9.36 Å². The van der Waals surface area contributed by atoms with Gasteiger partial charge in [-0.1, -0.05) is 30.3 Å². The van der Waals surface area contributed by atoms with E-state index in [0.717, 1.165) is 17.0 Å². The Balaban J connectivity index is 2.21. The molecule has 1 heterocycles. The summed E-state index contributed by atoms with van der Waals surface area (Å²) in [7, 11) is 0. The summed E-state index contributed by atoms with van der Waals surface area (Å²) in [5, 5.41) is 0. The Morgan fingerprint density at radius 1 is 1.00 bits per heavy atom. The third kappa shape index (κ3) is 2.53. The highest BCUT2D eigenvalue weighted by atomic mass is 16.1. The first kappa shape index (κ1) is 11.4. The van der Waals surface area contributed by atoms with Gasteiger partial charge in [0.15, 0.2) is 0 Å². The Morgan fingerprint density at radius 3 is 2.18 bits per heavy atom. The summed E-state index contributed by atoms with van der Waals surface area (Å²) >= 11 is 0. The SMILES string of the molecule is Cc1ccc(C)n1C(=O)/C=C/c1ccccc1. The van der Waals surface area contributed by atoms with Crippen molar-refractivity contribution >= 4 is 12.0 Å². The minimum atomic E-state index is -0.00569. The maximum absolute atomic E-state index is 12.0. The number of rotatable bonds is 2. The van der Waals surface area contributed by atoms with Crippen molar-refractivity contribution < 1.29 is 4.79 Å². The highest BCUT2D eigenvalue weighted by Crippen LogP contribution is 2.08. The number of aryl methyl sites for hydroxylation is 2. The fourth-order valence-electron chi connectivity index (χ4n) is 1.82. The standard InChI is InChI=1S/C15H15NO/c1-12-8-9-13(2)16(12)15(17)11-10-14-6-4-3-5-7-14/h3-11H,1-2H3/b11-10+. The zero-order chi connectivity index (χ0) is 12.3. The van der Waals surface area contributed by atoms with Crippen molar-refractivity contribution in [1.82, 2.24) is 4.57 Å². The van der Waals surface area contributed by atoms with Crippen LogP contribution in [0, 0.1) is 13.8 Å². The molecule has 0 radical (unpaired) electrons. The van der Waals surface area contributed by atoms with Gasteiger partial charge >= 0.3 is 0 Å². The van der Waals surface area contributed by atoms with Crippen molar-refractivity contribution in [3.63, 3.8) is 0 Å². The molecule has 0 saturated heterocycles. The van der Waals surface area contributed by atoms with Crippen molar-refractivity contribution in [3.05, 3.63) is 65.5 Å². The number of hydrogen-bond acceptors (Lipinski definition) is 1. The predicted octanol–water partition coefficient (Wildman–Crippen LogP) is 3.46. The molecule has 86 valence electrons. The van der Waals surface area contributed by atoms with Gasteiger partial charge in [0, 0.05) is 17.5 Å². The Morgan fingerprint density at radius 2 is 1.59 bits per heavy atom. The molecule has 1 aromatic carbocycles. The zero-order valence-corrected chi connectivity index (χ0v) is 10.1. The van der Waals surface area contributed by atoms with Gasteiger partial charge < -0.3 is 0 Å². The van der Waals surface area contributed by atoms with Gasteiger partial charge in [-0.15, -0.1) is 0 Å². The van der Waals surface area contributed by atoms with E-state index in [9.17, 15) is 4.79 Å². The van der Waals surface area contributed by atoms with E-state index in [1.807, 2.05) is 62.4 Å². The van der Waals surface area contributed by atoms with Gasteiger partial charge in [0.05, 0.1) is 0 Å². The quantitative estimate of drug-likeness (QED) is 0.717. The average Bonchev–Trinajstić information content (AvgIpc) is 2.67. The summed E-state index contributed by atoms with van der Waals surface area (Å²) in [5.74, 6) is -0.00569. The summed E-state index contributed by atoms with van der Waals surface area (Å²) in [5.41, 5.74) is 2.96. The lowest BCUT2D eigenvalue weighted by Gasteiger charge is -2.03. The average molecular weight is 225 g/mol. The zero-order valence-electron chi connectivity index (χ0n) is 10.1. The molecular formula is C15H15NO. The number of carbonyl (C=O) groups excluding carboxylic acids is 1. The van der Waals surface area contributed by atoms with Crippen LogP contribution in [0.4, 0.5) is 0 Å². The Labute approximate surface area is 101 Å². The van der Waals surface area contributed by atoms with E-state index in [1.54, 1.807) is 10.6 Å². The first-order valence-corrected chi connectivity index (χ1v) is 5.61. The third-order valence-corrected chi connectivity index (χ3v) is 2.71. The number of allylic oxidation sites excluding steroid dienone is 1. The van der Waals surface area contributed by atoms with E-state index in [2.05, 4.69) is 0 Å². The van der Waals surface area contributed by atoms with Crippen molar-refractivity contribution in [2.45, 2.75) is 13.8 Å². The van der Waals surface area contributed by atoms with Crippen molar-refractivity contribution in [2.75, 3.05) is 0 Å². The normalized spacial score (nSPS) is 10.9. The number of nitrogens with zero attached hydrogens (tertiary/aromatic N) is 1. The first-order valence-electron chi connectivity index (χ1n) is 5.61. The van der Waals surface area contributed by atoms with Crippen LogP contribution in [0.2, 0.25) is 0 Å². The summed E-state index contributed by atoms with van der Waals surface area (Å²) in [6, 6.07) is 13.7. The first-order chi connectivity index (χ1) is 8.18. The minimum absolute atomic E-state index is 0.00569. The van der Waals surface area contributed by atoms with E-state index < -0.39 is 0 Å². The molecule has 2 aromatic rings. The summed E-state index contributed by atoms with van der Waals surface area (Å²) < 4.78 is 1.71. The second kappa shape index (κ2) is 4.83. The van der Waals surface area contributed by atoms with Crippen LogP contribution in [0.25, 0.3) is 6.08 Å². The van der Waals surface area contributed by atoms with Gasteiger partial charge in [-0.25, -0.2) is 0 Å². The van der Waals surface area contributed by atoms with Gasteiger partial charge in [-0.05, 0) is 37.6 Å². The smallest absolute Gasteiger partial charge is 0.255 e. The molecule has 2 rings (SSSR count). The second-order valence-electron chi connectivity index (χ2n) is 4.03. The molecule has 0 saturated carbocycles. The van der Waals surface area contributed by atoms with Crippen LogP contribution in [-0.4, -0.2) is 10.5 Å². The molecule has 0 aliphatic heterocycles. The molecule has 0 amide bonds. The van der Waals surface area contributed by atoms with Crippen LogP contribution in [-0.2, 0) is 0 Å². The Bertz CT molecular complexity index is 530. The van der Waals surface area contributed by atoms with Crippen LogP contribution in [0.1, 0.15) is 21.7 Å². The lowest BCUT2D eigenvalue weighted by molar-refractivity contribution is 0.0966. The summed E-state index contributed by atoms with van der Waals surface area (Å²) in [6.45, 7) is 3.86. The van der Waals surface area contributed by atoms with E-state index in [-0.39, 0.29) is 5.91 Å². The Hall–Kier alpha value is -2.09. The van der Waals surface area contributed by atoms with Crippen LogP contribution < -0.4 is 0 Å². The van der Waals surface area contributed by atoms with Crippen LogP contribution in [0.5, 0.6) is 0 Å². The maximum Gasteiger partial charge on any atom is 0.255 e. The van der Waals surface area contributed by atoms with E-state index in [1.165, 1.54) is 0 Å². The van der Waals surface area contributed by atoms with Gasteiger partial charge in [0.1, 0.15) is 0 Å². The number of benzene rings is 1. The lowest BCUT2D eigenvalue weighted by Crippen LogP contribution is -2.10. The highest BCUT2D eigenvalue weighted by Gasteiger charge is 2.06. The fourth-order valence-corrected chi connectivity index (χ4v) is 1.82. The fraction of sp³-hybridized carbons (Fsp3) is 0.133. The maximum atomic E-state index is 12.0. The molecule has 0 fully saturated rings. The molecular weight excluding hydrogens is 210 g/mol. The largest absolute Gasteiger partial charge is 0.286 e.